The van der Waals surface area contributed by atoms with Gasteiger partial charge in [0.2, 0.25) is 0 Å². The molecule has 1 aromatic rings. The second-order valence-electron chi connectivity index (χ2n) is 5.65. The number of ether oxygens (including phenoxy) is 1. The third-order valence-corrected chi connectivity index (χ3v) is 5.29. The van der Waals surface area contributed by atoms with Crippen molar-refractivity contribution in [3.63, 3.8) is 0 Å². The number of carbonyl (C=O) groups is 1. The lowest BCUT2D eigenvalue weighted by Gasteiger charge is -2.34. The van der Waals surface area contributed by atoms with Crippen molar-refractivity contribution in [3.8, 4) is 5.75 Å². The van der Waals surface area contributed by atoms with Gasteiger partial charge in [-0.15, -0.1) is 0 Å². The van der Waals surface area contributed by atoms with Crippen LogP contribution in [0.2, 0.25) is 0 Å². The van der Waals surface area contributed by atoms with Crippen LogP contribution in [0.3, 0.4) is 0 Å². The highest BCUT2D eigenvalue weighted by Crippen LogP contribution is 2.26. The third-order valence-electron chi connectivity index (χ3n) is 4.20. The quantitative estimate of drug-likeness (QED) is 0.902. The molecule has 0 aliphatic carbocycles. The van der Waals surface area contributed by atoms with Gasteiger partial charge < -0.3 is 9.84 Å². The Balaban J connectivity index is 1.59. The zero-order chi connectivity index (χ0) is 14.7. The van der Waals surface area contributed by atoms with Gasteiger partial charge in [-0.3, -0.25) is 9.69 Å². The monoisotopic (exact) mass is 307 g/mol. The SMILES string of the molecule is O=C(O)CC1CSCCN1CCc1ccc2c(c1)CCO2. The van der Waals surface area contributed by atoms with Crippen LogP contribution in [-0.2, 0) is 17.6 Å². The number of fused-ring (bicyclic) bond motifs is 1. The van der Waals surface area contributed by atoms with E-state index in [0.717, 1.165) is 49.8 Å². The van der Waals surface area contributed by atoms with Gasteiger partial charge in [-0.1, -0.05) is 12.1 Å². The van der Waals surface area contributed by atoms with Crippen LogP contribution in [0.5, 0.6) is 5.75 Å². The van der Waals surface area contributed by atoms with Gasteiger partial charge in [0, 0.05) is 37.1 Å². The van der Waals surface area contributed by atoms with E-state index in [-0.39, 0.29) is 12.5 Å². The van der Waals surface area contributed by atoms with Gasteiger partial charge in [0.1, 0.15) is 5.75 Å². The number of aliphatic carboxylic acids is 1. The molecule has 2 aliphatic heterocycles. The number of carboxylic acid groups (broad SMARTS) is 1. The van der Waals surface area contributed by atoms with E-state index < -0.39 is 5.97 Å². The van der Waals surface area contributed by atoms with E-state index in [1.165, 1.54) is 11.1 Å². The maximum absolute atomic E-state index is 11.0. The lowest BCUT2D eigenvalue weighted by Crippen LogP contribution is -2.44. The van der Waals surface area contributed by atoms with Crippen LogP contribution in [0.15, 0.2) is 18.2 Å². The molecule has 2 aliphatic rings. The van der Waals surface area contributed by atoms with Gasteiger partial charge >= 0.3 is 5.97 Å². The van der Waals surface area contributed by atoms with Crippen molar-refractivity contribution in [2.75, 3.05) is 31.2 Å². The summed E-state index contributed by atoms with van der Waals surface area (Å²) in [5.74, 6) is 2.37. The highest BCUT2D eigenvalue weighted by atomic mass is 32.2. The Kier molecular flexibility index (Phi) is 4.70. The van der Waals surface area contributed by atoms with E-state index in [1.54, 1.807) is 0 Å². The Morgan fingerprint density at radius 2 is 2.38 bits per heavy atom. The maximum atomic E-state index is 11.0. The van der Waals surface area contributed by atoms with E-state index in [1.807, 2.05) is 11.8 Å². The highest BCUT2D eigenvalue weighted by molar-refractivity contribution is 7.99. The summed E-state index contributed by atoms with van der Waals surface area (Å²) in [4.78, 5) is 13.3. The summed E-state index contributed by atoms with van der Waals surface area (Å²) < 4.78 is 5.53. The Hall–Kier alpha value is -1.20. The molecule has 1 unspecified atom stereocenters. The summed E-state index contributed by atoms with van der Waals surface area (Å²) >= 11 is 1.87. The van der Waals surface area contributed by atoms with E-state index in [2.05, 4.69) is 23.1 Å². The second kappa shape index (κ2) is 6.71. The Morgan fingerprint density at radius 3 is 3.24 bits per heavy atom. The molecule has 3 rings (SSSR count). The molecule has 0 radical (unpaired) electrons. The largest absolute Gasteiger partial charge is 0.493 e. The molecule has 0 amide bonds. The minimum atomic E-state index is -0.692. The van der Waals surface area contributed by atoms with Crippen LogP contribution in [0.1, 0.15) is 17.5 Å². The predicted molar refractivity (Wildman–Crippen MR) is 84.3 cm³/mol. The van der Waals surface area contributed by atoms with Crippen molar-refractivity contribution >= 4 is 17.7 Å². The first kappa shape index (κ1) is 14.7. The van der Waals surface area contributed by atoms with Crippen LogP contribution >= 0.6 is 11.8 Å². The fraction of sp³-hybridized carbons (Fsp3) is 0.562. The summed E-state index contributed by atoms with van der Waals surface area (Å²) in [6.07, 6.45) is 2.24. The molecule has 21 heavy (non-hydrogen) atoms. The average Bonchev–Trinajstić information content (AvgIpc) is 2.93. The fourth-order valence-corrected chi connectivity index (χ4v) is 4.17. The van der Waals surface area contributed by atoms with E-state index in [9.17, 15) is 4.79 Å². The lowest BCUT2D eigenvalue weighted by molar-refractivity contribution is -0.138. The molecule has 1 aromatic carbocycles. The van der Waals surface area contributed by atoms with Gasteiger partial charge in [0.05, 0.1) is 13.0 Å². The van der Waals surface area contributed by atoms with Gasteiger partial charge in [-0.25, -0.2) is 0 Å². The van der Waals surface area contributed by atoms with Crippen molar-refractivity contribution in [1.29, 1.82) is 0 Å². The molecule has 0 saturated carbocycles. The fourth-order valence-electron chi connectivity index (χ4n) is 3.04. The molecular formula is C16H21NO3S. The van der Waals surface area contributed by atoms with Crippen LogP contribution in [0.4, 0.5) is 0 Å². The molecule has 114 valence electrons. The number of benzene rings is 1. The van der Waals surface area contributed by atoms with E-state index in [0.29, 0.717) is 0 Å². The third kappa shape index (κ3) is 3.71. The smallest absolute Gasteiger partial charge is 0.304 e. The second-order valence-corrected chi connectivity index (χ2v) is 6.80. The molecule has 5 heteroatoms. The zero-order valence-electron chi connectivity index (χ0n) is 12.1. The molecule has 1 N–H and O–H groups in total. The summed E-state index contributed by atoms with van der Waals surface area (Å²) in [6, 6.07) is 6.62. The summed E-state index contributed by atoms with van der Waals surface area (Å²) in [6.45, 7) is 2.73. The number of hydrogen-bond acceptors (Lipinski definition) is 4. The lowest BCUT2D eigenvalue weighted by atomic mass is 10.1. The minimum Gasteiger partial charge on any atom is -0.493 e. The minimum absolute atomic E-state index is 0.180. The van der Waals surface area contributed by atoms with Crippen LogP contribution in [-0.4, -0.2) is 53.2 Å². The predicted octanol–water partition coefficient (Wildman–Crippen LogP) is 2.06. The van der Waals surface area contributed by atoms with Gasteiger partial charge in [-0.2, -0.15) is 11.8 Å². The van der Waals surface area contributed by atoms with Crippen LogP contribution in [0.25, 0.3) is 0 Å². The summed E-state index contributed by atoms with van der Waals surface area (Å²) in [7, 11) is 0. The normalized spacial score (nSPS) is 21.8. The van der Waals surface area contributed by atoms with Gasteiger partial charge in [0.25, 0.3) is 0 Å². The van der Waals surface area contributed by atoms with Crippen molar-refractivity contribution < 1.29 is 14.6 Å². The zero-order valence-corrected chi connectivity index (χ0v) is 12.9. The van der Waals surface area contributed by atoms with Crippen molar-refractivity contribution in [3.05, 3.63) is 29.3 Å². The van der Waals surface area contributed by atoms with E-state index >= 15 is 0 Å². The van der Waals surface area contributed by atoms with Crippen LogP contribution < -0.4 is 4.74 Å². The van der Waals surface area contributed by atoms with Crippen molar-refractivity contribution in [2.45, 2.75) is 25.3 Å². The number of hydrogen-bond donors (Lipinski definition) is 1. The molecule has 1 fully saturated rings. The molecule has 0 spiro atoms. The molecule has 1 saturated heterocycles. The molecular weight excluding hydrogens is 286 g/mol. The Bertz CT molecular complexity index is 520. The number of rotatable bonds is 5. The summed E-state index contributed by atoms with van der Waals surface area (Å²) in [5, 5.41) is 9.02. The van der Waals surface area contributed by atoms with Gasteiger partial charge in [0.15, 0.2) is 0 Å². The van der Waals surface area contributed by atoms with E-state index in [4.69, 9.17) is 9.84 Å². The Morgan fingerprint density at radius 1 is 1.48 bits per heavy atom. The average molecular weight is 307 g/mol. The topological polar surface area (TPSA) is 49.8 Å². The first-order valence-corrected chi connectivity index (χ1v) is 8.66. The standard InChI is InChI=1S/C16H21NO3S/c18-16(19)10-14-11-21-8-6-17(14)5-3-12-1-2-15-13(9-12)4-7-20-15/h1-2,9,14H,3-8,10-11H2,(H,18,19). The first-order valence-electron chi connectivity index (χ1n) is 7.50. The molecule has 0 bridgehead atoms. The van der Waals surface area contributed by atoms with Crippen LogP contribution in [0, 0.1) is 0 Å². The highest BCUT2D eigenvalue weighted by Gasteiger charge is 2.24. The van der Waals surface area contributed by atoms with Crippen molar-refractivity contribution in [1.82, 2.24) is 4.90 Å². The first-order chi connectivity index (χ1) is 10.2. The molecule has 4 nitrogen and oxygen atoms in total. The molecule has 2 heterocycles. The number of nitrogens with zero attached hydrogens (tertiary/aromatic N) is 1. The number of thioether (sulfide) groups is 1. The number of carboxylic acids is 1. The van der Waals surface area contributed by atoms with Crippen molar-refractivity contribution in [2.24, 2.45) is 0 Å². The Labute approximate surface area is 129 Å². The summed E-state index contributed by atoms with van der Waals surface area (Å²) in [5.41, 5.74) is 2.63. The molecule has 0 aromatic heterocycles. The van der Waals surface area contributed by atoms with Gasteiger partial charge in [-0.05, 0) is 23.6 Å². The maximum Gasteiger partial charge on any atom is 0.304 e. The molecule has 1 atom stereocenters.